The third-order valence-corrected chi connectivity index (χ3v) is 9.02. The highest BCUT2D eigenvalue weighted by Crippen LogP contribution is 2.69. The summed E-state index contributed by atoms with van der Waals surface area (Å²) in [6.45, 7) is 4.46. The number of hydrogen-bond acceptors (Lipinski definition) is 4. The van der Waals surface area contributed by atoms with Gasteiger partial charge in [-0.05, 0) is 80.0 Å². The monoisotopic (exact) mass is 336 g/mol. The zero-order chi connectivity index (χ0) is 17.3. The van der Waals surface area contributed by atoms with E-state index in [1.807, 2.05) is 0 Å². The number of hydrogen-bond donors (Lipinski definition) is 3. The van der Waals surface area contributed by atoms with Crippen LogP contribution in [0.2, 0.25) is 0 Å². The molecule has 0 radical (unpaired) electrons. The maximum absolute atomic E-state index is 11.9. The second-order valence-electron chi connectivity index (χ2n) is 9.59. The fourth-order valence-electron chi connectivity index (χ4n) is 7.73. The lowest BCUT2D eigenvalue weighted by Crippen LogP contribution is -2.61. The predicted octanol–water partition coefficient (Wildman–Crippen LogP) is 2.85. The summed E-state index contributed by atoms with van der Waals surface area (Å²) in [6.07, 6.45) is 8.22. The Balaban J connectivity index is 1.68. The molecular formula is C20H32O4. The van der Waals surface area contributed by atoms with Crippen LogP contribution in [0.1, 0.15) is 71.6 Å². The van der Waals surface area contributed by atoms with Crippen molar-refractivity contribution in [2.45, 2.75) is 77.6 Å². The highest BCUT2D eigenvalue weighted by molar-refractivity contribution is 5.79. The van der Waals surface area contributed by atoms with E-state index >= 15 is 0 Å². The van der Waals surface area contributed by atoms with E-state index in [0.29, 0.717) is 36.4 Å². The van der Waals surface area contributed by atoms with Crippen LogP contribution in [0, 0.1) is 40.4 Å². The van der Waals surface area contributed by atoms with Gasteiger partial charge in [-0.3, -0.25) is 4.79 Å². The summed E-state index contributed by atoms with van der Waals surface area (Å²) in [7, 11) is 0. The molecule has 0 aliphatic heterocycles. The molecule has 4 fully saturated rings. The van der Waals surface area contributed by atoms with Crippen molar-refractivity contribution in [3.8, 4) is 0 Å². The van der Waals surface area contributed by atoms with E-state index in [0.717, 1.165) is 44.9 Å². The smallest absolute Gasteiger partial charge is 0.281 e. The Morgan fingerprint density at radius 2 is 1.75 bits per heavy atom. The van der Waals surface area contributed by atoms with Gasteiger partial charge in [0, 0.05) is 12.8 Å². The number of carbonyl (C=O) groups excluding carboxylic acids is 1. The number of rotatable bonds is 1. The molecule has 4 heteroatoms. The van der Waals surface area contributed by atoms with Crippen LogP contribution >= 0.6 is 0 Å². The second kappa shape index (κ2) is 5.28. The first-order valence-corrected chi connectivity index (χ1v) is 9.89. The average molecular weight is 336 g/mol. The van der Waals surface area contributed by atoms with Crippen LogP contribution in [-0.4, -0.2) is 27.1 Å². The van der Waals surface area contributed by atoms with E-state index in [2.05, 4.69) is 13.8 Å². The molecule has 0 aromatic rings. The standard InChI is InChI=1S/C20H32O4/c1-12-3-6-17-15-5-4-13-11-14(21)7-9-18(13,2)16(15)8-10-19(12,17)20(22,23)24/h12-13,15-17,22-24H,3-11H2,1-2H3/t12-,13?,15-,16+,17+,18+,19+/m1/s1. The van der Waals surface area contributed by atoms with E-state index < -0.39 is 11.4 Å². The normalized spacial score (nSPS) is 51.7. The maximum atomic E-state index is 11.9. The Labute approximate surface area is 144 Å². The van der Waals surface area contributed by atoms with Crippen LogP contribution in [-0.2, 0) is 4.79 Å². The van der Waals surface area contributed by atoms with Gasteiger partial charge in [0.2, 0.25) is 0 Å². The summed E-state index contributed by atoms with van der Waals surface area (Å²) in [4.78, 5) is 11.9. The van der Waals surface area contributed by atoms with E-state index in [1.165, 1.54) is 0 Å². The number of aliphatic hydroxyl groups is 3. The van der Waals surface area contributed by atoms with Crippen LogP contribution in [0.3, 0.4) is 0 Å². The number of carbonyl (C=O) groups is 1. The first kappa shape index (κ1) is 17.0. The molecule has 3 N–H and O–H groups in total. The number of fused-ring (bicyclic) bond motifs is 5. The van der Waals surface area contributed by atoms with Crippen LogP contribution in [0.4, 0.5) is 0 Å². The number of ketones is 1. The van der Waals surface area contributed by atoms with Gasteiger partial charge in [-0.25, -0.2) is 0 Å². The molecule has 0 aromatic heterocycles. The fraction of sp³-hybridized carbons (Fsp3) is 0.950. The maximum Gasteiger partial charge on any atom is 0.281 e. The summed E-state index contributed by atoms with van der Waals surface area (Å²) in [6, 6.07) is 0. The summed E-state index contributed by atoms with van der Waals surface area (Å²) in [5.74, 6) is -0.273. The molecule has 4 saturated carbocycles. The Bertz CT molecular complexity index is 538. The van der Waals surface area contributed by atoms with E-state index in [-0.39, 0.29) is 17.3 Å². The average Bonchev–Trinajstić information content (AvgIpc) is 2.86. The van der Waals surface area contributed by atoms with Gasteiger partial charge in [-0.2, -0.15) is 0 Å². The summed E-state index contributed by atoms with van der Waals surface area (Å²) in [5, 5.41) is 30.8. The summed E-state index contributed by atoms with van der Waals surface area (Å²) in [5.41, 5.74) is -0.542. The first-order valence-electron chi connectivity index (χ1n) is 9.89. The lowest BCUT2D eigenvalue weighted by atomic mass is 9.44. The molecule has 0 amide bonds. The Morgan fingerprint density at radius 1 is 1.00 bits per heavy atom. The lowest BCUT2D eigenvalue weighted by Gasteiger charge is -2.61. The quantitative estimate of drug-likeness (QED) is 0.644. The van der Waals surface area contributed by atoms with Crippen molar-refractivity contribution in [3.63, 3.8) is 0 Å². The van der Waals surface area contributed by atoms with E-state index in [4.69, 9.17) is 0 Å². The van der Waals surface area contributed by atoms with Crippen molar-refractivity contribution in [1.82, 2.24) is 0 Å². The van der Waals surface area contributed by atoms with Crippen molar-refractivity contribution < 1.29 is 20.1 Å². The first-order chi connectivity index (χ1) is 11.2. The zero-order valence-electron chi connectivity index (χ0n) is 15.0. The molecule has 136 valence electrons. The van der Waals surface area contributed by atoms with Gasteiger partial charge < -0.3 is 15.3 Å². The highest BCUT2D eigenvalue weighted by atomic mass is 16.7. The topological polar surface area (TPSA) is 77.8 Å². The van der Waals surface area contributed by atoms with Gasteiger partial charge >= 0.3 is 0 Å². The molecule has 0 spiro atoms. The molecule has 7 atom stereocenters. The van der Waals surface area contributed by atoms with Gasteiger partial charge in [0.25, 0.3) is 5.97 Å². The molecule has 4 rings (SSSR count). The van der Waals surface area contributed by atoms with Crippen LogP contribution in [0.5, 0.6) is 0 Å². The largest absolute Gasteiger partial charge is 0.343 e. The van der Waals surface area contributed by atoms with Crippen molar-refractivity contribution in [3.05, 3.63) is 0 Å². The molecule has 4 nitrogen and oxygen atoms in total. The van der Waals surface area contributed by atoms with Crippen molar-refractivity contribution in [2.75, 3.05) is 0 Å². The minimum Gasteiger partial charge on any atom is -0.343 e. The fourth-order valence-corrected chi connectivity index (χ4v) is 7.73. The number of Topliss-reactive ketones (excluding diaryl/α,β-unsaturated/α-hetero) is 1. The molecular weight excluding hydrogens is 304 g/mol. The molecule has 24 heavy (non-hydrogen) atoms. The summed E-state index contributed by atoms with van der Waals surface area (Å²) < 4.78 is 0. The molecule has 0 aromatic carbocycles. The van der Waals surface area contributed by atoms with Gasteiger partial charge in [-0.15, -0.1) is 0 Å². The minimum atomic E-state index is -2.57. The zero-order valence-corrected chi connectivity index (χ0v) is 15.0. The van der Waals surface area contributed by atoms with Crippen molar-refractivity contribution in [2.24, 2.45) is 40.4 Å². The Kier molecular flexibility index (Phi) is 3.73. The summed E-state index contributed by atoms with van der Waals surface area (Å²) >= 11 is 0. The molecule has 1 unspecified atom stereocenters. The SMILES string of the molecule is C[C@@H]1CC[C@H]2[C@@H]3CCC4CC(=O)CC[C@]4(C)[C@H]3CC[C@]12C(O)(O)O. The van der Waals surface area contributed by atoms with Crippen LogP contribution in [0.25, 0.3) is 0 Å². The molecule has 0 bridgehead atoms. The van der Waals surface area contributed by atoms with Gasteiger partial charge in [0.05, 0.1) is 5.41 Å². The highest BCUT2D eigenvalue weighted by Gasteiger charge is 2.67. The van der Waals surface area contributed by atoms with Crippen molar-refractivity contribution >= 4 is 5.78 Å². The Morgan fingerprint density at radius 3 is 2.46 bits per heavy atom. The van der Waals surface area contributed by atoms with Crippen LogP contribution < -0.4 is 0 Å². The van der Waals surface area contributed by atoms with Gasteiger partial charge in [0.1, 0.15) is 5.78 Å². The lowest BCUT2D eigenvalue weighted by molar-refractivity contribution is -0.401. The predicted molar refractivity (Wildman–Crippen MR) is 89.6 cm³/mol. The third kappa shape index (κ3) is 2.05. The molecule has 4 aliphatic carbocycles. The molecule has 0 heterocycles. The van der Waals surface area contributed by atoms with E-state index in [9.17, 15) is 20.1 Å². The minimum absolute atomic E-state index is 0.141. The van der Waals surface area contributed by atoms with Crippen molar-refractivity contribution in [1.29, 1.82) is 0 Å². The van der Waals surface area contributed by atoms with Gasteiger partial charge in [0.15, 0.2) is 0 Å². The van der Waals surface area contributed by atoms with E-state index in [1.54, 1.807) is 0 Å². The molecule has 0 saturated heterocycles. The third-order valence-electron chi connectivity index (χ3n) is 9.02. The van der Waals surface area contributed by atoms with Crippen LogP contribution in [0.15, 0.2) is 0 Å². The molecule has 4 aliphatic rings. The van der Waals surface area contributed by atoms with Gasteiger partial charge in [-0.1, -0.05) is 13.8 Å². The second-order valence-corrected chi connectivity index (χ2v) is 9.59. The Hall–Kier alpha value is -0.450.